The van der Waals surface area contributed by atoms with E-state index in [1.54, 1.807) is 6.07 Å². The molecular weight excluding hydrogens is 419 g/mol. The van der Waals surface area contributed by atoms with Crippen molar-refractivity contribution in [3.05, 3.63) is 39.6 Å². The normalized spacial score (nSPS) is 19.0. The molecule has 1 saturated heterocycles. The summed E-state index contributed by atoms with van der Waals surface area (Å²) in [5, 5.41) is 11.0. The van der Waals surface area contributed by atoms with Crippen molar-refractivity contribution in [3.63, 3.8) is 0 Å². The lowest BCUT2D eigenvalue weighted by Gasteiger charge is -2.45. The molecule has 1 aromatic carbocycles. The summed E-state index contributed by atoms with van der Waals surface area (Å²) in [7, 11) is 0. The van der Waals surface area contributed by atoms with Gasteiger partial charge >= 0.3 is 0 Å². The SMILES string of the molecule is Cc1nc(N2CCC(CN)(CC3CCC3)CC2)c(CO)nc1-c1cccc(Cl)c1Cl. The molecule has 2 fully saturated rings. The van der Waals surface area contributed by atoms with Crippen LogP contribution >= 0.6 is 23.2 Å². The second-order valence-corrected chi connectivity index (χ2v) is 9.66. The van der Waals surface area contributed by atoms with Gasteiger partial charge in [0.25, 0.3) is 0 Å². The fourth-order valence-corrected chi connectivity index (χ4v) is 5.23. The molecule has 0 atom stereocenters. The highest BCUT2D eigenvalue weighted by molar-refractivity contribution is 6.43. The van der Waals surface area contributed by atoms with Gasteiger partial charge in [0.15, 0.2) is 5.82 Å². The summed E-state index contributed by atoms with van der Waals surface area (Å²) in [4.78, 5) is 11.8. The van der Waals surface area contributed by atoms with E-state index in [1.807, 2.05) is 19.1 Å². The molecular formula is C23H30Cl2N4O. The van der Waals surface area contributed by atoms with Crippen LogP contribution in [0.25, 0.3) is 11.3 Å². The maximum atomic E-state index is 10.0. The Balaban J connectivity index is 1.58. The maximum Gasteiger partial charge on any atom is 0.153 e. The minimum absolute atomic E-state index is 0.172. The van der Waals surface area contributed by atoms with Crippen molar-refractivity contribution in [2.45, 2.75) is 52.1 Å². The Hall–Kier alpha value is -1.40. The second-order valence-electron chi connectivity index (χ2n) is 8.88. The number of aryl methyl sites for hydroxylation is 1. The van der Waals surface area contributed by atoms with Gasteiger partial charge in [-0.15, -0.1) is 0 Å². The molecule has 1 aliphatic carbocycles. The fraction of sp³-hybridized carbons (Fsp3) is 0.565. The molecule has 4 rings (SSSR count). The monoisotopic (exact) mass is 448 g/mol. The van der Waals surface area contributed by atoms with Crippen LogP contribution in [-0.2, 0) is 6.61 Å². The van der Waals surface area contributed by atoms with Gasteiger partial charge in [-0.05, 0) is 50.1 Å². The summed E-state index contributed by atoms with van der Waals surface area (Å²) < 4.78 is 0. The standard InChI is InChI=1S/C23H30Cl2N4O/c1-15-21(17-6-3-7-18(24)20(17)25)28-19(13-30)22(27-15)29-10-8-23(14-26,9-11-29)12-16-4-2-5-16/h3,6-7,16,30H,2,4-5,8-14,26H2,1H3. The van der Waals surface area contributed by atoms with E-state index in [4.69, 9.17) is 38.9 Å². The van der Waals surface area contributed by atoms with Gasteiger partial charge in [-0.25, -0.2) is 9.97 Å². The van der Waals surface area contributed by atoms with Crippen LogP contribution in [0, 0.1) is 18.3 Å². The number of hydrogen-bond donors (Lipinski definition) is 2. The van der Waals surface area contributed by atoms with Crippen molar-refractivity contribution < 1.29 is 5.11 Å². The van der Waals surface area contributed by atoms with Gasteiger partial charge in [-0.2, -0.15) is 0 Å². The molecule has 162 valence electrons. The molecule has 2 aliphatic rings. The number of anilines is 1. The maximum absolute atomic E-state index is 10.0. The Labute approximate surface area is 188 Å². The predicted octanol–water partition coefficient (Wildman–Crippen LogP) is 4.99. The average Bonchev–Trinajstić information content (AvgIpc) is 2.73. The first-order valence-electron chi connectivity index (χ1n) is 10.8. The highest BCUT2D eigenvalue weighted by Gasteiger charge is 2.37. The van der Waals surface area contributed by atoms with Crippen LogP contribution in [0.1, 0.15) is 49.9 Å². The zero-order chi connectivity index (χ0) is 21.3. The van der Waals surface area contributed by atoms with Crippen molar-refractivity contribution in [2.24, 2.45) is 17.1 Å². The van der Waals surface area contributed by atoms with Gasteiger partial charge in [0.05, 0.1) is 28.0 Å². The van der Waals surface area contributed by atoms with Crippen LogP contribution in [0.2, 0.25) is 10.0 Å². The van der Waals surface area contributed by atoms with Crippen molar-refractivity contribution in [1.29, 1.82) is 0 Å². The molecule has 1 saturated carbocycles. The summed E-state index contributed by atoms with van der Waals surface area (Å²) in [6.45, 7) is 4.29. The molecule has 3 N–H and O–H groups in total. The van der Waals surface area contributed by atoms with Crippen LogP contribution in [0.15, 0.2) is 18.2 Å². The summed E-state index contributed by atoms with van der Waals surface area (Å²) in [5.74, 6) is 1.63. The molecule has 0 bridgehead atoms. The largest absolute Gasteiger partial charge is 0.390 e. The number of nitrogens with two attached hydrogens (primary N) is 1. The van der Waals surface area contributed by atoms with Crippen LogP contribution in [0.3, 0.4) is 0 Å². The van der Waals surface area contributed by atoms with E-state index in [1.165, 1.54) is 25.7 Å². The molecule has 1 aliphatic heterocycles. The lowest BCUT2D eigenvalue weighted by molar-refractivity contribution is 0.133. The van der Waals surface area contributed by atoms with E-state index >= 15 is 0 Å². The van der Waals surface area contributed by atoms with Crippen molar-refractivity contribution >= 4 is 29.0 Å². The van der Waals surface area contributed by atoms with Gasteiger partial charge in [-0.3, -0.25) is 0 Å². The van der Waals surface area contributed by atoms with E-state index in [9.17, 15) is 5.11 Å². The van der Waals surface area contributed by atoms with Crippen LogP contribution in [0.5, 0.6) is 0 Å². The van der Waals surface area contributed by atoms with Gasteiger partial charge in [0.2, 0.25) is 0 Å². The zero-order valence-corrected chi connectivity index (χ0v) is 19.0. The van der Waals surface area contributed by atoms with Crippen molar-refractivity contribution in [1.82, 2.24) is 9.97 Å². The number of aliphatic hydroxyl groups is 1. The summed E-state index contributed by atoms with van der Waals surface area (Å²) in [6, 6.07) is 5.47. The topological polar surface area (TPSA) is 75.3 Å². The van der Waals surface area contributed by atoms with E-state index in [0.29, 0.717) is 21.4 Å². The number of piperidine rings is 1. The van der Waals surface area contributed by atoms with Gasteiger partial charge in [0, 0.05) is 18.7 Å². The number of rotatable bonds is 6. The Bertz CT molecular complexity index is 908. The molecule has 2 heterocycles. The molecule has 30 heavy (non-hydrogen) atoms. The Morgan fingerprint density at radius 3 is 2.53 bits per heavy atom. The van der Waals surface area contributed by atoms with Crippen LogP contribution in [0.4, 0.5) is 5.82 Å². The number of benzene rings is 1. The van der Waals surface area contributed by atoms with Gasteiger partial charge < -0.3 is 15.7 Å². The van der Waals surface area contributed by atoms with E-state index in [0.717, 1.165) is 55.5 Å². The van der Waals surface area contributed by atoms with Crippen molar-refractivity contribution in [2.75, 3.05) is 24.5 Å². The predicted molar refractivity (Wildman–Crippen MR) is 123 cm³/mol. The third kappa shape index (κ3) is 4.18. The molecule has 7 heteroatoms. The molecule has 0 amide bonds. The molecule has 5 nitrogen and oxygen atoms in total. The summed E-state index contributed by atoms with van der Waals surface area (Å²) >= 11 is 12.6. The highest BCUT2D eigenvalue weighted by atomic mass is 35.5. The Morgan fingerprint density at radius 2 is 1.93 bits per heavy atom. The van der Waals surface area contributed by atoms with E-state index in [2.05, 4.69) is 4.90 Å². The quantitative estimate of drug-likeness (QED) is 0.650. The summed E-state index contributed by atoms with van der Waals surface area (Å²) in [6.07, 6.45) is 7.47. The molecule has 0 unspecified atom stereocenters. The average molecular weight is 449 g/mol. The van der Waals surface area contributed by atoms with E-state index in [-0.39, 0.29) is 12.0 Å². The minimum Gasteiger partial charge on any atom is -0.390 e. The summed E-state index contributed by atoms with van der Waals surface area (Å²) in [5.41, 5.74) is 9.22. The van der Waals surface area contributed by atoms with Gasteiger partial charge in [0.1, 0.15) is 5.69 Å². The number of aromatic nitrogens is 2. The smallest absolute Gasteiger partial charge is 0.153 e. The third-order valence-electron chi connectivity index (χ3n) is 6.98. The third-order valence-corrected chi connectivity index (χ3v) is 7.80. The van der Waals surface area contributed by atoms with Crippen molar-refractivity contribution in [3.8, 4) is 11.3 Å². The highest BCUT2D eigenvalue weighted by Crippen LogP contribution is 2.44. The molecule has 2 aromatic rings. The number of nitrogens with zero attached hydrogens (tertiary/aromatic N) is 3. The first-order valence-corrected chi connectivity index (χ1v) is 11.6. The first kappa shape index (κ1) is 21.8. The lowest BCUT2D eigenvalue weighted by atomic mass is 9.67. The minimum atomic E-state index is -0.172. The number of halogens is 2. The van der Waals surface area contributed by atoms with Crippen LogP contribution < -0.4 is 10.6 Å². The fourth-order valence-electron chi connectivity index (χ4n) is 4.84. The number of aliphatic hydroxyl groups excluding tert-OH is 1. The number of hydrogen-bond acceptors (Lipinski definition) is 5. The van der Waals surface area contributed by atoms with E-state index < -0.39 is 0 Å². The lowest BCUT2D eigenvalue weighted by Crippen LogP contribution is -2.46. The van der Waals surface area contributed by atoms with Gasteiger partial charge in [-0.1, -0.05) is 54.6 Å². The van der Waals surface area contributed by atoms with Crippen LogP contribution in [-0.4, -0.2) is 34.7 Å². The second kappa shape index (κ2) is 8.99. The molecule has 1 aromatic heterocycles. The Kier molecular flexibility index (Phi) is 6.54. The first-order chi connectivity index (χ1) is 14.5. The Morgan fingerprint density at radius 1 is 1.20 bits per heavy atom. The molecule has 0 spiro atoms. The molecule has 0 radical (unpaired) electrons. The zero-order valence-electron chi connectivity index (χ0n) is 17.5.